The van der Waals surface area contributed by atoms with Crippen LogP contribution in [0.5, 0.6) is 0 Å². The molecule has 3 heterocycles. The number of aryl methyl sites for hydroxylation is 2. The number of aliphatic imine (C=N–C) groups is 2. The van der Waals surface area contributed by atoms with E-state index in [1.54, 1.807) is 24.7 Å². The van der Waals surface area contributed by atoms with Gasteiger partial charge in [-0.05, 0) is 57.4 Å². The van der Waals surface area contributed by atoms with Gasteiger partial charge in [-0.25, -0.2) is 14.7 Å². The second-order valence-corrected chi connectivity index (χ2v) is 11.1. The fraction of sp³-hybridized carbons (Fsp3) is 0.194. The summed E-state index contributed by atoms with van der Waals surface area (Å²) in [4.78, 5) is 33.6. The van der Waals surface area contributed by atoms with Crippen LogP contribution in [0.1, 0.15) is 60.7 Å². The summed E-state index contributed by atoms with van der Waals surface area (Å²) in [5.74, 6) is 0.957. The fourth-order valence-corrected chi connectivity index (χ4v) is 5.68. The van der Waals surface area contributed by atoms with E-state index in [1.165, 1.54) is 0 Å². The van der Waals surface area contributed by atoms with Gasteiger partial charge in [-0.3, -0.25) is 9.59 Å². The molecule has 228 valence electrons. The average Bonchev–Trinajstić information content (AvgIpc) is 3.56. The number of carbonyl (C=O) groups excluding carboxylic acids is 2. The minimum Gasteiger partial charge on any atom is -0.370 e. The molecule has 4 aromatic rings. The molecule has 2 atom stereocenters. The molecular weight excluding hydrogens is 562 g/mol. The van der Waals surface area contributed by atoms with Gasteiger partial charge in [-0.15, -0.1) is 0 Å². The van der Waals surface area contributed by atoms with E-state index in [-0.39, 0.29) is 17.6 Å². The van der Waals surface area contributed by atoms with E-state index in [2.05, 4.69) is 43.9 Å². The first kappa shape index (κ1) is 30.9. The molecule has 2 aliphatic heterocycles. The number of nitrogens with zero attached hydrogens (tertiary/aromatic N) is 4. The summed E-state index contributed by atoms with van der Waals surface area (Å²) < 4.78 is 1.66. The molecule has 9 heteroatoms. The summed E-state index contributed by atoms with van der Waals surface area (Å²) in [5.41, 5.74) is 14.1. The van der Waals surface area contributed by atoms with Crippen LogP contribution in [0.2, 0.25) is 0 Å². The van der Waals surface area contributed by atoms with Gasteiger partial charge < -0.3 is 16.4 Å². The van der Waals surface area contributed by atoms with Crippen molar-refractivity contribution in [2.45, 2.75) is 46.7 Å². The maximum absolute atomic E-state index is 12.4. The van der Waals surface area contributed by atoms with Crippen molar-refractivity contribution in [1.82, 2.24) is 20.4 Å². The molecule has 1 aromatic heterocycles. The normalized spacial score (nSPS) is 17.7. The Labute approximate surface area is 263 Å². The smallest absolute Gasteiger partial charge is 0.224 e. The Hall–Kier alpha value is -5.57. The number of hydrogen-bond donors (Lipinski definition) is 3. The van der Waals surface area contributed by atoms with Crippen LogP contribution in [-0.2, 0) is 9.59 Å². The quantitative estimate of drug-likeness (QED) is 0.276. The topological polar surface area (TPSA) is 127 Å². The number of allylic oxidation sites excluding steroid dienone is 1. The van der Waals surface area contributed by atoms with Gasteiger partial charge >= 0.3 is 0 Å². The summed E-state index contributed by atoms with van der Waals surface area (Å²) in [7, 11) is 0. The third-order valence-electron chi connectivity index (χ3n) is 7.51. The zero-order valence-electron chi connectivity index (χ0n) is 26.1. The van der Waals surface area contributed by atoms with Gasteiger partial charge in [0.05, 0.1) is 5.70 Å². The zero-order valence-corrected chi connectivity index (χ0v) is 26.1. The lowest BCUT2D eigenvalue weighted by Crippen LogP contribution is -2.36. The van der Waals surface area contributed by atoms with Crippen molar-refractivity contribution < 1.29 is 9.59 Å². The molecule has 0 bridgehead atoms. The van der Waals surface area contributed by atoms with E-state index in [0.29, 0.717) is 23.1 Å². The zero-order chi connectivity index (χ0) is 32.1. The number of nitrogens with one attached hydrogen (secondary N) is 2. The van der Waals surface area contributed by atoms with Crippen LogP contribution in [-0.4, -0.2) is 33.3 Å². The standard InChI is InChI=1S/C20H21N3O.C16H16N4O/c1-12-9-13(2)11-16(10-12)19-17(14(3)24)18(22-20(21)23-19)15-7-5-4-6-8-15;1-11-14(12(2)21)15(13-7-4-3-5-8-13)19-16(18-11)20-10-6-9-17-20/h4-11,19H,1-3H3,(H3,21,22,23);3-10,15H,1-2H3,(H,18,19). The van der Waals surface area contributed by atoms with Crippen molar-refractivity contribution in [3.05, 3.63) is 142 Å². The van der Waals surface area contributed by atoms with Crippen LogP contribution in [0.15, 0.2) is 124 Å². The lowest BCUT2D eigenvalue weighted by atomic mass is 9.90. The minimum absolute atomic E-state index is 0.0123. The highest BCUT2D eigenvalue weighted by Gasteiger charge is 2.29. The maximum atomic E-state index is 12.4. The molecule has 0 radical (unpaired) electrons. The van der Waals surface area contributed by atoms with Crippen LogP contribution >= 0.6 is 0 Å². The number of benzene rings is 3. The van der Waals surface area contributed by atoms with E-state index in [1.807, 2.05) is 93.7 Å². The third-order valence-corrected chi connectivity index (χ3v) is 7.51. The van der Waals surface area contributed by atoms with Gasteiger partial charge in [0.1, 0.15) is 12.1 Å². The lowest BCUT2D eigenvalue weighted by Gasteiger charge is -2.26. The largest absolute Gasteiger partial charge is 0.370 e. The number of hydrogen-bond acceptors (Lipinski definition) is 8. The van der Waals surface area contributed by atoms with Crippen molar-refractivity contribution in [3.63, 3.8) is 0 Å². The van der Waals surface area contributed by atoms with Crippen molar-refractivity contribution >= 4 is 29.2 Å². The average molecular weight is 600 g/mol. The Kier molecular flexibility index (Phi) is 9.18. The number of aromatic nitrogens is 2. The minimum atomic E-state index is -0.391. The SMILES string of the molecule is CC(=O)C1=C(C)NC(n2cccn2)=NC1c1ccccc1.CC(=O)C1=C(c2ccccc2)NC(N)=NC1c1cc(C)cc(C)c1. The Morgan fingerprint density at radius 1 is 0.733 bits per heavy atom. The van der Waals surface area contributed by atoms with Crippen LogP contribution in [0.25, 0.3) is 5.70 Å². The summed E-state index contributed by atoms with van der Waals surface area (Å²) in [6.07, 6.45) is 3.52. The van der Waals surface area contributed by atoms with Gasteiger partial charge in [0.15, 0.2) is 17.5 Å². The van der Waals surface area contributed by atoms with Crippen molar-refractivity contribution in [2.75, 3.05) is 0 Å². The van der Waals surface area contributed by atoms with Gasteiger partial charge in [0, 0.05) is 29.2 Å². The van der Waals surface area contributed by atoms with E-state index in [0.717, 1.165) is 39.2 Å². The predicted octanol–water partition coefficient (Wildman–Crippen LogP) is 5.56. The van der Waals surface area contributed by atoms with Crippen molar-refractivity contribution in [2.24, 2.45) is 15.7 Å². The number of nitrogens with two attached hydrogens (primary N) is 1. The molecule has 2 aliphatic rings. The first-order chi connectivity index (χ1) is 21.6. The predicted molar refractivity (Wildman–Crippen MR) is 178 cm³/mol. The first-order valence-corrected chi connectivity index (χ1v) is 14.7. The van der Waals surface area contributed by atoms with Crippen LogP contribution in [0.3, 0.4) is 0 Å². The first-order valence-electron chi connectivity index (χ1n) is 14.7. The maximum Gasteiger partial charge on any atom is 0.224 e. The molecule has 6 rings (SSSR count). The summed E-state index contributed by atoms with van der Waals surface area (Å²) in [6.45, 7) is 9.13. The van der Waals surface area contributed by atoms with Crippen LogP contribution in [0.4, 0.5) is 0 Å². The number of carbonyl (C=O) groups is 2. The van der Waals surface area contributed by atoms with Crippen LogP contribution in [0, 0.1) is 13.8 Å². The van der Waals surface area contributed by atoms with Crippen molar-refractivity contribution in [3.8, 4) is 0 Å². The summed E-state index contributed by atoms with van der Waals surface area (Å²) in [5, 5.41) is 10.4. The number of guanidine groups is 1. The molecule has 0 saturated heterocycles. The molecule has 0 saturated carbocycles. The molecule has 4 N–H and O–H groups in total. The second kappa shape index (κ2) is 13.4. The van der Waals surface area contributed by atoms with E-state index < -0.39 is 6.04 Å². The van der Waals surface area contributed by atoms with E-state index in [4.69, 9.17) is 5.73 Å². The molecular formula is C36H37N7O2. The fourth-order valence-electron chi connectivity index (χ4n) is 5.68. The molecule has 9 nitrogen and oxygen atoms in total. The van der Waals surface area contributed by atoms with Gasteiger partial charge in [-0.2, -0.15) is 5.10 Å². The van der Waals surface area contributed by atoms with E-state index in [9.17, 15) is 9.59 Å². The molecule has 0 fully saturated rings. The summed E-state index contributed by atoms with van der Waals surface area (Å²) in [6, 6.07) is 26.9. The highest BCUT2D eigenvalue weighted by molar-refractivity contribution is 6.07. The monoisotopic (exact) mass is 599 g/mol. The Morgan fingerprint density at radius 2 is 1.33 bits per heavy atom. The van der Waals surface area contributed by atoms with E-state index >= 15 is 0 Å². The number of rotatable bonds is 5. The molecule has 0 spiro atoms. The molecule has 45 heavy (non-hydrogen) atoms. The molecule has 0 aliphatic carbocycles. The highest BCUT2D eigenvalue weighted by atomic mass is 16.1. The highest BCUT2D eigenvalue weighted by Crippen LogP contribution is 2.35. The van der Waals surface area contributed by atoms with Crippen LogP contribution < -0.4 is 16.4 Å². The molecule has 0 amide bonds. The second-order valence-electron chi connectivity index (χ2n) is 11.1. The molecule has 3 aromatic carbocycles. The third kappa shape index (κ3) is 6.99. The lowest BCUT2D eigenvalue weighted by molar-refractivity contribution is -0.114. The van der Waals surface area contributed by atoms with Gasteiger partial charge in [0.2, 0.25) is 5.96 Å². The Balaban J connectivity index is 0.000000179. The Bertz CT molecular complexity index is 1820. The molecule has 2 unspecified atom stereocenters. The Morgan fingerprint density at radius 3 is 1.91 bits per heavy atom. The van der Waals surface area contributed by atoms with Gasteiger partial charge in [0.25, 0.3) is 0 Å². The number of Topliss-reactive ketones (excluding diaryl/α,β-unsaturated/α-hetero) is 2. The number of ketones is 2. The van der Waals surface area contributed by atoms with Gasteiger partial charge in [-0.1, -0.05) is 90.0 Å². The summed E-state index contributed by atoms with van der Waals surface area (Å²) >= 11 is 0. The van der Waals surface area contributed by atoms with Crippen molar-refractivity contribution in [1.29, 1.82) is 0 Å².